The van der Waals surface area contributed by atoms with Gasteiger partial charge in [0.2, 0.25) is 0 Å². The normalized spacial score (nSPS) is 11.3. The van der Waals surface area contributed by atoms with Crippen LogP contribution in [0.2, 0.25) is 0 Å². The van der Waals surface area contributed by atoms with Crippen LogP contribution in [0.1, 0.15) is 25.7 Å². The Hall–Kier alpha value is -0.630. The van der Waals surface area contributed by atoms with Crippen molar-refractivity contribution in [2.24, 2.45) is 0 Å². The minimum Gasteiger partial charge on any atom is -0.462 e. The molecule has 0 saturated heterocycles. The number of rotatable bonds is 7. The number of allylic oxidation sites excluding steroid dienone is 1. The number of nitrogens with zero attached hydrogens (tertiary/aromatic N) is 1. The quantitative estimate of drug-likeness (QED) is 0.256. The molecule has 0 aromatic rings. The lowest BCUT2D eigenvalue weighted by molar-refractivity contribution is -0.845. The van der Waals surface area contributed by atoms with E-state index in [9.17, 15) is 4.79 Å². The van der Waals surface area contributed by atoms with Crippen molar-refractivity contribution in [2.45, 2.75) is 25.7 Å². The molecule has 2 nitrogen and oxygen atoms in total. The fourth-order valence-corrected chi connectivity index (χ4v) is 1.12. The lowest BCUT2D eigenvalue weighted by Gasteiger charge is -2.32. The summed E-state index contributed by atoms with van der Waals surface area (Å²) in [5.74, 6) is 0.156. The fourth-order valence-electron chi connectivity index (χ4n) is 1.12. The SMILES string of the molecule is C=CC(=O)CCCCC[N+]([CH2-])(C)C. The molecule has 0 radical (unpaired) electrons. The Balaban J connectivity index is 3.27. The van der Waals surface area contributed by atoms with Gasteiger partial charge in [0.1, 0.15) is 0 Å². The van der Waals surface area contributed by atoms with Gasteiger partial charge < -0.3 is 4.48 Å². The molecule has 0 aliphatic heterocycles. The molecule has 0 amide bonds. The van der Waals surface area contributed by atoms with E-state index in [1.165, 1.54) is 6.08 Å². The van der Waals surface area contributed by atoms with Gasteiger partial charge in [0.05, 0.1) is 6.54 Å². The van der Waals surface area contributed by atoms with Crippen LogP contribution in [0.15, 0.2) is 12.7 Å². The van der Waals surface area contributed by atoms with E-state index in [0.717, 1.165) is 30.3 Å². The Morgan fingerprint density at radius 1 is 1.38 bits per heavy atom. The third-order valence-corrected chi connectivity index (χ3v) is 1.91. The molecule has 0 rings (SSSR count). The molecule has 0 saturated carbocycles. The molecule has 13 heavy (non-hydrogen) atoms. The second-order valence-electron chi connectivity index (χ2n) is 4.14. The van der Waals surface area contributed by atoms with Crippen LogP contribution < -0.4 is 0 Å². The van der Waals surface area contributed by atoms with Crippen LogP contribution >= 0.6 is 0 Å². The molecule has 0 heterocycles. The summed E-state index contributed by atoms with van der Waals surface area (Å²) < 4.78 is 0.759. The Labute approximate surface area is 81.8 Å². The van der Waals surface area contributed by atoms with E-state index < -0.39 is 0 Å². The predicted molar refractivity (Wildman–Crippen MR) is 56.0 cm³/mol. The first-order valence-electron chi connectivity index (χ1n) is 4.78. The maximum Gasteiger partial charge on any atom is 0.155 e. The van der Waals surface area contributed by atoms with Gasteiger partial charge >= 0.3 is 0 Å². The molecule has 0 bridgehead atoms. The van der Waals surface area contributed by atoms with Crippen molar-refractivity contribution in [3.05, 3.63) is 19.7 Å². The van der Waals surface area contributed by atoms with Crippen LogP contribution in [0.5, 0.6) is 0 Å². The lowest BCUT2D eigenvalue weighted by atomic mass is 10.1. The summed E-state index contributed by atoms with van der Waals surface area (Å²) in [6, 6.07) is 0. The number of hydrogen-bond donors (Lipinski definition) is 0. The highest BCUT2D eigenvalue weighted by atomic mass is 16.1. The molecule has 0 fully saturated rings. The number of unbranched alkanes of at least 4 members (excludes halogenated alkanes) is 2. The van der Waals surface area contributed by atoms with E-state index in [1.807, 2.05) is 0 Å². The zero-order chi connectivity index (χ0) is 10.3. The van der Waals surface area contributed by atoms with E-state index >= 15 is 0 Å². The number of ketones is 1. The summed E-state index contributed by atoms with van der Waals surface area (Å²) in [5.41, 5.74) is 0. The summed E-state index contributed by atoms with van der Waals surface area (Å²) in [7, 11) is 8.13. The molecular formula is C11H21NO. The second-order valence-corrected chi connectivity index (χ2v) is 4.14. The van der Waals surface area contributed by atoms with Gasteiger partial charge in [-0.2, -0.15) is 0 Å². The second kappa shape index (κ2) is 5.92. The summed E-state index contributed by atoms with van der Waals surface area (Å²) in [5, 5.41) is 0. The number of quaternary nitrogens is 1. The topological polar surface area (TPSA) is 17.1 Å². The Bertz CT molecular complexity index is 167. The first-order valence-corrected chi connectivity index (χ1v) is 4.78. The molecule has 0 atom stereocenters. The van der Waals surface area contributed by atoms with Gasteiger partial charge in [0.15, 0.2) is 5.78 Å². The number of carbonyl (C=O) groups is 1. The molecule has 76 valence electrons. The monoisotopic (exact) mass is 183 g/mol. The van der Waals surface area contributed by atoms with Gasteiger partial charge in [-0.15, -0.1) is 7.05 Å². The summed E-state index contributed by atoms with van der Waals surface area (Å²) in [4.78, 5) is 10.8. The zero-order valence-electron chi connectivity index (χ0n) is 8.88. The minimum absolute atomic E-state index is 0.156. The van der Waals surface area contributed by atoms with Crippen LogP contribution in [0.4, 0.5) is 0 Å². The highest BCUT2D eigenvalue weighted by Gasteiger charge is 2.00. The van der Waals surface area contributed by atoms with E-state index in [0.29, 0.717) is 6.42 Å². The molecule has 0 spiro atoms. The lowest BCUT2D eigenvalue weighted by Crippen LogP contribution is -2.32. The highest BCUT2D eigenvalue weighted by Crippen LogP contribution is 2.04. The third-order valence-electron chi connectivity index (χ3n) is 1.91. The third kappa shape index (κ3) is 9.28. The molecule has 0 aliphatic carbocycles. The zero-order valence-corrected chi connectivity index (χ0v) is 8.88. The molecular weight excluding hydrogens is 162 g/mol. The Morgan fingerprint density at radius 2 is 2.00 bits per heavy atom. The summed E-state index contributed by atoms with van der Waals surface area (Å²) in [6.45, 7) is 4.51. The molecule has 0 aliphatic rings. The van der Waals surface area contributed by atoms with Crippen molar-refractivity contribution in [1.29, 1.82) is 0 Å². The van der Waals surface area contributed by atoms with Crippen LogP contribution in [0.25, 0.3) is 0 Å². The van der Waals surface area contributed by atoms with Crippen molar-refractivity contribution in [1.82, 2.24) is 0 Å². The first kappa shape index (κ1) is 12.4. The Kier molecular flexibility index (Phi) is 5.63. The number of carbonyl (C=O) groups excluding carboxylic acids is 1. The standard InChI is InChI=1S/C11H21NO/c1-5-11(13)9-7-6-8-10-12(2,3)4/h5H,1-2,6-10H2,3-4H3. The minimum atomic E-state index is 0.156. The number of hydrogen-bond acceptors (Lipinski definition) is 1. The van der Waals surface area contributed by atoms with Crippen molar-refractivity contribution in [3.63, 3.8) is 0 Å². The Morgan fingerprint density at radius 3 is 2.46 bits per heavy atom. The van der Waals surface area contributed by atoms with Gasteiger partial charge in [-0.1, -0.05) is 6.58 Å². The average Bonchev–Trinajstić information content (AvgIpc) is 2.01. The highest BCUT2D eigenvalue weighted by molar-refractivity contribution is 5.88. The molecule has 0 unspecified atom stereocenters. The van der Waals surface area contributed by atoms with Crippen LogP contribution in [0, 0.1) is 7.05 Å². The van der Waals surface area contributed by atoms with Gasteiger partial charge in [-0.05, 0) is 25.3 Å². The van der Waals surface area contributed by atoms with Gasteiger partial charge in [0.25, 0.3) is 0 Å². The first-order chi connectivity index (χ1) is 5.95. The van der Waals surface area contributed by atoms with E-state index in [4.69, 9.17) is 0 Å². The molecule has 2 heteroatoms. The summed E-state index contributed by atoms with van der Waals surface area (Å²) >= 11 is 0. The largest absolute Gasteiger partial charge is 0.462 e. The molecule has 0 N–H and O–H groups in total. The van der Waals surface area contributed by atoms with Crippen molar-refractivity contribution in [2.75, 3.05) is 20.6 Å². The van der Waals surface area contributed by atoms with Gasteiger partial charge in [-0.25, -0.2) is 0 Å². The van der Waals surface area contributed by atoms with Gasteiger partial charge in [-0.3, -0.25) is 4.79 Å². The maximum absolute atomic E-state index is 10.8. The van der Waals surface area contributed by atoms with Crippen LogP contribution in [-0.2, 0) is 4.79 Å². The smallest absolute Gasteiger partial charge is 0.155 e. The van der Waals surface area contributed by atoms with Gasteiger partial charge in [0, 0.05) is 20.5 Å². The van der Waals surface area contributed by atoms with Crippen molar-refractivity contribution >= 4 is 5.78 Å². The van der Waals surface area contributed by atoms with E-state index in [2.05, 4.69) is 27.7 Å². The maximum atomic E-state index is 10.8. The summed E-state index contributed by atoms with van der Waals surface area (Å²) in [6.07, 6.45) is 5.28. The van der Waals surface area contributed by atoms with Crippen LogP contribution in [0.3, 0.4) is 0 Å². The van der Waals surface area contributed by atoms with E-state index in [1.54, 1.807) is 0 Å². The predicted octanol–water partition coefficient (Wildman–Crippen LogP) is 2.17. The van der Waals surface area contributed by atoms with E-state index in [-0.39, 0.29) is 5.78 Å². The molecule has 0 aromatic heterocycles. The average molecular weight is 183 g/mol. The van der Waals surface area contributed by atoms with Crippen molar-refractivity contribution in [3.8, 4) is 0 Å². The van der Waals surface area contributed by atoms with Crippen LogP contribution in [-0.4, -0.2) is 30.9 Å². The fraction of sp³-hybridized carbons (Fsp3) is 0.636. The van der Waals surface area contributed by atoms with Crippen molar-refractivity contribution < 1.29 is 9.28 Å². The molecule has 0 aromatic carbocycles.